The summed E-state index contributed by atoms with van der Waals surface area (Å²) in [7, 11) is 0. The van der Waals surface area contributed by atoms with Crippen molar-refractivity contribution in [1.29, 1.82) is 0 Å². The third-order valence-electron chi connectivity index (χ3n) is 4.23. The van der Waals surface area contributed by atoms with Gasteiger partial charge in [-0.1, -0.05) is 60.7 Å². The van der Waals surface area contributed by atoms with Gasteiger partial charge in [-0.2, -0.15) is 5.10 Å². The number of hydrogen-bond donors (Lipinski definition) is 0. The second kappa shape index (κ2) is 5.53. The molecular formula is C21H14N4. The second-order valence-electron chi connectivity index (χ2n) is 5.85. The molecule has 0 saturated carbocycles. The Morgan fingerprint density at radius 3 is 1.92 bits per heavy atom. The van der Waals surface area contributed by atoms with Gasteiger partial charge in [-0.05, 0) is 24.3 Å². The van der Waals surface area contributed by atoms with E-state index in [0.29, 0.717) is 0 Å². The van der Waals surface area contributed by atoms with Crippen LogP contribution in [0.1, 0.15) is 0 Å². The van der Waals surface area contributed by atoms with Crippen LogP contribution in [0, 0.1) is 0 Å². The fourth-order valence-corrected chi connectivity index (χ4v) is 3.03. The van der Waals surface area contributed by atoms with E-state index in [1.54, 1.807) is 0 Å². The van der Waals surface area contributed by atoms with Crippen LogP contribution in [-0.4, -0.2) is 19.7 Å². The summed E-state index contributed by atoms with van der Waals surface area (Å²) in [5, 5.41) is 4.84. The standard InChI is InChI=1S/C21H14N4/c1-3-9-15(10-4-1)19-20-21(23-18-14-8-7-13-17(18)22-20)25(24-19)16-11-5-2-6-12-16/h1-14H. The number of nitrogens with zero attached hydrogens (tertiary/aromatic N) is 4. The molecule has 0 amide bonds. The minimum atomic E-state index is 0.767. The lowest BCUT2D eigenvalue weighted by atomic mass is 10.1. The number of para-hydroxylation sites is 3. The minimum absolute atomic E-state index is 0.767. The molecule has 25 heavy (non-hydrogen) atoms. The van der Waals surface area contributed by atoms with Crippen molar-refractivity contribution in [3.05, 3.63) is 84.9 Å². The van der Waals surface area contributed by atoms with E-state index in [2.05, 4.69) is 0 Å². The van der Waals surface area contributed by atoms with Crippen LogP contribution in [0.5, 0.6) is 0 Å². The van der Waals surface area contributed by atoms with Crippen LogP contribution in [0.2, 0.25) is 0 Å². The molecule has 0 aliphatic rings. The number of fused-ring (bicyclic) bond motifs is 2. The topological polar surface area (TPSA) is 43.6 Å². The highest BCUT2D eigenvalue weighted by molar-refractivity contribution is 5.93. The van der Waals surface area contributed by atoms with Crippen LogP contribution in [0.3, 0.4) is 0 Å². The van der Waals surface area contributed by atoms with Gasteiger partial charge in [0.2, 0.25) is 0 Å². The zero-order valence-electron chi connectivity index (χ0n) is 13.4. The average molecular weight is 322 g/mol. The molecule has 0 unspecified atom stereocenters. The van der Waals surface area contributed by atoms with Crippen molar-refractivity contribution in [2.24, 2.45) is 0 Å². The van der Waals surface area contributed by atoms with Gasteiger partial charge in [0.1, 0.15) is 11.2 Å². The van der Waals surface area contributed by atoms with Gasteiger partial charge in [-0.3, -0.25) is 0 Å². The van der Waals surface area contributed by atoms with Crippen molar-refractivity contribution >= 4 is 22.2 Å². The molecule has 0 N–H and O–H groups in total. The van der Waals surface area contributed by atoms with Crippen molar-refractivity contribution < 1.29 is 0 Å². The molecule has 5 rings (SSSR count). The summed E-state index contributed by atoms with van der Waals surface area (Å²) in [6.07, 6.45) is 0. The van der Waals surface area contributed by atoms with Gasteiger partial charge in [-0.25, -0.2) is 14.6 Å². The first-order chi connectivity index (χ1) is 12.4. The molecule has 3 aromatic carbocycles. The maximum Gasteiger partial charge on any atom is 0.182 e. The number of benzene rings is 3. The molecule has 2 heterocycles. The summed E-state index contributed by atoms with van der Waals surface area (Å²) in [4.78, 5) is 9.69. The quantitative estimate of drug-likeness (QED) is 0.476. The molecule has 5 aromatic rings. The highest BCUT2D eigenvalue weighted by Gasteiger charge is 2.17. The van der Waals surface area contributed by atoms with Crippen molar-refractivity contribution in [2.75, 3.05) is 0 Å². The molecule has 0 saturated heterocycles. The summed E-state index contributed by atoms with van der Waals surface area (Å²) < 4.78 is 1.87. The second-order valence-corrected chi connectivity index (χ2v) is 5.85. The molecule has 0 radical (unpaired) electrons. The first-order valence-corrected chi connectivity index (χ1v) is 8.16. The first kappa shape index (κ1) is 13.9. The Labute approximate surface area is 144 Å². The lowest BCUT2D eigenvalue weighted by Gasteiger charge is -2.02. The number of hydrogen-bond acceptors (Lipinski definition) is 3. The number of rotatable bonds is 2. The molecule has 0 atom stereocenters. The SMILES string of the molecule is c1ccc(-c2nn(-c3ccccc3)c3nc4ccccc4nc23)cc1. The molecule has 0 spiro atoms. The fraction of sp³-hybridized carbons (Fsp3) is 0. The Balaban J connectivity index is 1.89. The Morgan fingerprint density at radius 1 is 0.600 bits per heavy atom. The predicted molar refractivity (Wildman–Crippen MR) is 99.6 cm³/mol. The van der Waals surface area contributed by atoms with Gasteiger partial charge in [0, 0.05) is 5.56 Å². The summed E-state index contributed by atoms with van der Waals surface area (Å²) in [6, 6.07) is 28.1. The smallest absolute Gasteiger partial charge is 0.182 e. The fourth-order valence-electron chi connectivity index (χ4n) is 3.03. The predicted octanol–water partition coefficient (Wildman–Crippen LogP) is 4.64. The summed E-state index contributed by atoms with van der Waals surface area (Å²) >= 11 is 0. The van der Waals surface area contributed by atoms with E-state index in [1.807, 2.05) is 89.6 Å². The summed E-state index contributed by atoms with van der Waals surface area (Å²) in [6.45, 7) is 0. The molecular weight excluding hydrogens is 308 g/mol. The van der Waals surface area contributed by atoms with E-state index in [0.717, 1.165) is 39.1 Å². The minimum Gasteiger partial charge on any atom is -0.240 e. The van der Waals surface area contributed by atoms with E-state index in [4.69, 9.17) is 15.1 Å². The van der Waals surface area contributed by atoms with Crippen molar-refractivity contribution in [2.45, 2.75) is 0 Å². The zero-order chi connectivity index (χ0) is 16.6. The maximum atomic E-state index is 4.85. The molecule has 4 heteroatoms. The lowest BCUT2D eigenvalue weighted by Crippen LogP contribution is -1.98. The van der Waals surface area contributed by atoms with Gasteiger partial charge in [0.05, 0.1) is 16.7 Å². The molecule has 0 aliphatic heterocycles. The van der Waals surface area contributed by atoms with Crippen molar-refractivity contribution in [1.82, 2.24) is 19.7 Å². The van der Waals surface area contributed by atoms with Crippen molar-refractivity contribution in [3.63, 3.8) is 0 Å². The van der Waals surface area contributed by atoms with Crippen LogP contribution in [0.15, 0.2) is 84.9 Å². The lowest BCUT2D eigenvalue weighted by molar-refractivity contribution is 0.903. The molecule has 2 aromatic heterocycles. The normalized spacial score (nSPS) is 11.2. The van der Waals surface area contributed by atoms with E-state index in [9.17, 15) is 0 Å². The third kappa shape index (κ3) is 2.27. The van der Waals surface area contributed by atoms with Gasteiger partial charge in [0.15, 0.2) is 5.65 Å². The van der Waals surface area contributed by atoms with E-state index >= 15 is 0 Å². The zero-order valence-corrected chi connectivity index (χ0v) is 13.4. The summed E-state index contributed by atoms with van der Waals surface area (Å²) in [5.41, 5.74) is 6.17. The van der Waals surface area contributed by atoms with Crippen molar-refractivity contribution in [3.8, 4) is 16.9 Å². The van der Waals surface area contributed by atoms with E-state index < -0.39 is 0 Å². The Hall–Kier alpha value is -3.53. The summed E-state index contributed by atoms with van der Waals surface area (Å²) in [5.74, 6) is 0. The van der Waals surface area contributed by atoms with Crippen LogP contribution in [-0.2, 0) is 0 Å². The highest BCUT2D eigenvalue weighted by Crippen LogP contribution is 2.28. The van der Waals surface area contributed by atoms with E-state index in [1.165, 1.54) is 0 Å². The van der Waals surface area contributed by atoms with Crippen LogP contribution < -0.4 is 0 Å². The van der Waals surface area contributed by atoms with Crippen LogP contribution >= 0.6 is 0 Å². The third-order valence-corrected chi connectivity index (χ3v) is 4.23. The largest absolute Gasteiger partial charge is 0.240 e. The van der Waals surface area contributed by atoms with Gasteiger partial charge in [-0.15, -0.1) is 0 Å². The highest BCUT2D eigenvalue weighted by atomic mass is 15.3. The molecule has 0 bridgehead atoms. The van der Waals surface area contributed by atoms with Crippen LogP contribution in [0.4, 0.5) is 0 Å². The van der Waals surface area contributed by atoms with Gasteiger partial charge < -0.3 is 0 Å². The van der Waals surface area contributed by atoms with Crippen LogP contribution in [0.25, 0.3) is 39.1 Å². The molecule has 118 valence electrons. The average Bonchev–Trinajstić information content (AvgIpc) is 3.06. The monoisotopic (exact) mass is 322 g/mol. The van der Waals surface area contributed by atoms with Gasteiger partial charge in [0.25, 0.3) is 0 Å². The molecule has 0 fully saturated rings. The number of aromatic nitrogens is 4. The first-order valence-electron chi connectivity index (χ1n) is 8.16. The Kier molecular flexibility index (Phi) is 3.07. The molecule has 0 aliphatic carbocycles. The van der Waals surface area contributed by atoms with Gasteiger partial charge >= 0.3 is 0 Å². The maximum absolute atomic E-state index is 4.85. The Bertz CT molecular complexity index is 1090. The van der Waals surface area contributed by atoms with E-state index in [-0.39, 0.29) is 0 Å². The molecule has 4 nitrogen and oxygen atoms in total. The Morgan fingerprint density at radius 2 is 1.20 bits per heavy atom.